The van der Waals surface area contributed by atoms with E-state index < -0.39 is 0 Å². The molecule has 4 aromatic rings. The molecule has 0 spiro atoms. The Morgan fingerprint density at radius 3 is 2.68 bits per heavy atom. The van der Waals surface area contributed by atoms with Gasteiger partial charge in [-0.3, -0.25) is 9.59 Å². The third-order valence-electron chi connectivity index (χ3n) is 6.58. The van der Waals surface area contributed by atoms with Gasteiger partial charge in [-0.15, -0.1) is 11.3 Å². The van der Waals surface area contributed by atoms with Gasteiger partial charge in [0.25, 0.3) is 5.91 Å². The number of amides is 1. The van der Waals surface area contributed by atoms with Crippen LogP contribution in [-0.2, 0) is 6.61 Å². The zero-order valence-corrected chi connectivity index (χ0v) is 23.4. The molecule has 1 fully saturated rings. The van der Waals surface area contributed by atoms with E-state index in [1.54, 1.807) is 23.5 Å². The van der Waals surface area contributed by atoms with E-state index in [0.29, 0.717) is 24.5 Å². The molecule has 0 bridgehead atoms. The Hall–Kier alpha value is -3.54. The molecule has 0 saturated carbocycles. The van der Waals surface area contributed by atoms with Gasteiger partial charge in [0, 0.05) is 49.9 Å². The fourth-order valence-corrected chi connectivity index (χ4v) is 6.24. The van der Waals surface area contributed by atoms with Crippen molar-refractivity contribution in [2.24, 2.45) is 0 Å². The quantitative estimate of drug-likeness (QED) is 0.345. The first kappa shape index (κ1) is 26.1. The summed E-state index contributed by atoms with van der Waals surface area (Å²) in [7, 11) is 6.04. The van der Waals surface area contributed by atoms with Crippen molar-refractivity contribution >= 4 is 34.3 Å². The highest BCUT2D eigenvalue weighted by molar-refractivity contribution is 7.15. The van der Waals surface area contributed by atoms with Crippen LogP contribution in [0.1, 0.15) is 31.9 Å². The largest absolute Gasteiger partial charge is 0.488 e. The molecule has 5 rings (SSSR count). The average Bonchev–Trinajstić information content (AvgIpc) is 3.61. The maximum absolute atomic E-state index is 13.0. The Morgan fingerprint density at radius 1 is 1.18 bits per heavy atom. The predicted molar refractivity (Wildman–Crippen MR) is 152 cm³/mol. The number of carbonyl (C=O) groups excluding carboxylic acids is 1. The highest BCUT2D eigenvalue weighted by atomic mass is 32.1. The maximum atomic E-state index is 13.0. The van der Waals surface area contributed by atoms with Gasteiger partial charge in [0.05, 0.1) is 16.6 Å². The molecule has 2 atom stereocenters. The molecule has 2 N–H and O–H groups in total. The summed E-state index contributed by atoms with van der Waals surface area (Å²) in [5, 5.41) is 11.4. The fraction of sp³-hybridized carbons (Fsp3) is 0.333. The number of aromatic amines is 1. The number of anilines is 1. The Morgan fingerprint density at radius 2 is 1.97 bits per heavy atom. The summed E-state index contributed by atoms with van der Waals surface area (Å²) in [6, 6.07) is 15.4. The molecule has 9 nitrogen and oxygen atoms in total. The second kappa shape index (κ2) is 11.1. The molecule has 2 aromatic carbocycles. The van der Waals surface area contributed by atoms with Crippen molar-refractivity contribution in [1.82, 2.24) is 25.4 Å². The summed E-state index contributed by atoms with van der Waals surface area (Å²) in [6.45, 7) is 3.83. The highest BCUT2D eigenvalue weighted by Crippen LogP contribution is 2.31. The highest BCUT2D eigenvalue weighted by Gasteiger charge is 2.35. The lowest BCUT2D eigenvalue weighted by Crippen LogP contribution is -2.39. The Balaban J connectivity index is 1.20. The number of H-pyrrole nitrogens is 1. The smallest absolute Gasteiger partial charge is 0.322 e. The van der Waals surface area contributed by atoms with Gasteiger partial charge in [-0.1, -0.05) is 23.5 Å². The van der Waals surface area contributed by atoms with Gasteiger partial charge >= 0.3 is 4.87 Å². The molecular weight excluding hydrogens is 520 g/mol. The zero-order valence-electron chi connectivity index (χ0n) is 21.7. The van der Waals surface area contributed by atoms with E-state index in [2.05, 4.69) is 43.5 Å². The van der Waals surface area contributed by atoms with Gasteiger partial charge in [-0.05, 0) is 50.4 Å². The van der Waals surface area contributed by atoms with E-state index in [1.165, 1.54) is 0 Å². The lowest BCUT2D eigenvalue weighted by Gasteiger charge is -2.18. The minimum atomic E-state index is -0.182. The number of hydrogen-bond donors (Lipinski definition) is 2. The van der Waals surface area contributed by atoms with Gasteiger partial charge in [0.1, 0.15) is 22.4 Å². The number of hydrogen-bond acceptors (Lipinski definition) is 9. The number of aryl methyl sites for hydroxylation is 1. The van der Waals surface area contributed by atoms with Crippen molar-refractivity contribution in [2.45, 2.75) is 25.5 Å². The van der Waals surface area contributed by atoms with Crippen LogP contribution in [0.5, 0.6) is 5.75 Å². The molecule has 1 aliphatic rings. The number of rotatable bonds is 8. The summed E-state index contributed by atoms with van der Waals surface area (Å²) in [6.07, 6.45) is 0. The van der Waals surface area contributed by atoms with Crippen LogP contribution in [0, 0.1) is 6.92 Å². The maximum Gasteiger partial charge on any atom is 0.322 e. The van der Waals surface area contributed by atoms with E-state index in [-0.39, 0.29) is 22.7 Å². The average molecular weight is 551 g/mol. The number of benzene rings is 2. The Bertz CT molecular complexity index is 1480. The first-order chi connectivity index (χ1) is 18.3. The number of nitrogens with zero attached hydrogens (tertiary/aromatic N) is 4. The number of likely N-dealkylation sites (tertiary alicyclic amines) is 1. The normalized spacial score (nSPS) is 17.5. The van der Waals surface area contributed by atoms with Gasteiger partial charge < -0.3 is 19.9 Å². The third kappa shape index (κ3) is 5.79. The minimum Gasteiger partial charge on any atom is -0.488 e. The molecule has 2 aromatic heterocycles. The molecule has 1 aliphatic heterocycles. The molecule has 1 saturated heterocycles. The summed E-state index contributed by atoms with van der Waals surface area (Å²) >= 11 is 2.73. The molecule has 1 amide bonds. The van der Waals surface area contributed by atoms with Crippen molar-refractivity contribution in [3.8, 4) is 16.3 Å². The topological polar surface area (TPSA) is 103 Å². The number of thiazole rings is 1. The number of ether oxygens (including phenoxy) is 1. The first-order valence-corrected chi connectivity index (χ1v) is 13.9. The molecular formula is C27H30N6O3S2. The van der Waals surface area contributed by atoms with Crippen LogP contribution < -0.4 is 19.8 Å². The van der Waals surface area contributed by atoms with Gasteiger partial charge in [0.15, 0.2) is 0 Å². The SMILES string of the molecule is Cc1nc(-c2cccc(N(C)C)c2)sc1COc1ccc(C(=O)N[C@@H]2CN(C)C[C@@H]2c2n[nH]c(=O)s2)cc1. The van der Waals surface area contributed by atoms with Gasteiger partial charge in [0.2, 0.25) is 0 Å². The summed E-state index contributed by atoms with van der Waals surface area (Å²) < 4.78 is 6.03. The standard InChI is InChI=1S/C27H30N6O3S2/c1-16-23(37-25(28-16)18-6-5-7-19(12-18)32(2)3)15-36-20-10-8-17(9-11-20)24(34)29-22-14-33(4)13-21(22)26-30-31-27(35)38-26/h5-12,21-22H,13-15H2,1-4H3,(H,29,34)(H,31,35)/t21-,22+/m0/s1. The molecule has 198 valence electrons. The van der Waals surface area contributed by atoms with Crippen LogP contribution in [0.15, 0.2) is 53.3 Å². The lowest BCUT2D eigenvalue weighted by molar-refractivity contribution is 0.0935. The second-order valence-corrected chi connectivity index (χ2v) is 11.7. The second-order valence-electron chi connectivity index (χ2n) is 9.64. The lowest BCUT2D eigenvalue weighted by atomic mass is 10.0. The Kier molecular flexibility index (Phi) is 7.59. The first-order valence-electron chi connectivity index (χ1n) is 12.3. The van der Waals surface area contributed by atoms with Crippen LogP contribution in [0.4, 0.5) is 5.69 Å². The van der Waals surface area contributed by atoms with Crippen molar-refractivity contribution in [3.05, 3.63) is 79.3 Å². The Labute approximate surface area is 229 Å². The number of likely N-dealkylation sites (N-methyl/N-ethyl adjacent to an activating group) is 1. The third-order valence-corrected chi connectivity index (χ3v) is 8.64. The van der Waals surface area contributed by atoms with Crippen LogP contribution >= 0.6 is 22.7 Å². The van der Waals surface area contributed by atoms with Crippen LogP contribution in [0.25, 0.3) is 10.6 Å². The monoisotopic (exact) mass is 550 g/mol. The summed E-state index contributed by atoms with van der Waals surface area (Å²) in [5.74, 6) is 0.506. The summed E-state index contributed by atoms with van der Waals surface area (Å²) in [4.78, 5) is 34.4. The predicted octanol–water partition coefficient (Wildman–Crippen LogP) is 3.74. The van der Waals surface area contributed by atoms with Crippen molar-refractivity contribution < 1.29 is 9.53 Å². The molecule has 38 heavy (non-hydrogen) atoms. The van der Waals surface area contributed by atoms with Gasteiger partial charge in [-0.2, -0.15) is 5.10 Å². The van der Waals surface area contributed by atoms with E-state index in [1.807, 2.05) is 46.3 Å². The van der Waals surface area contributed by atoms with Gasteiger partial charge in [-0.25, -0.2) is 10.1 Å². The van der Waals surface area contributed by atoms with Crippen LogP contribution in [0.3, 0.4) is 0 Å². The van der Waals surface area contributed by atoms with E-state index in [4.69, 9.17) is 9.72 Å². The molecule has 0 aliphatic carbocycles. The van der Waals surface area contributed by atoms with E-state index in [0.717, 1.165) is 49.7 Å². The fourth-order valence-electron chi connectivity index (χ4n) is 4.50. The van der Waals surface area contributed by atoms with Crippen molar-refractivity contribution in [2.75, 3.05) is 39.1 Å². The van der Waals surface area contributed by atoms with Crippen LogP contribution in [-0.4, -0.2) is 66.3 Å². The molecule has 11 heteroatoms. The van der Waals surface area contributed by atoms with E-state index >= 15 is 0 Å². The molecule has 0 radical (unpaired) electrons. The van der Waals surface area contributed by atoms with Crippen LogP contribution in [0.2, 0.25) is 0 Å². The number of aromatic nitrogens is 3. The number of nitrogens with one attached hydrogen (secondary N) is 2. The van der Waals surface area contributed by atoms with E-state index in [9.17, 15) is 9.59 Å². The van der Waals surface area contributed by atoms with Crippen molar-refractivity contribution in [3.63, 3.8) is 0 Å². The summed E-state index contributed by atoms with van der Waals surface area (Å²) in [5.41, 5.74) is 3.72. The van der Waals surface area contributed by atoms with Crippen molar-refractivity contribution in [1.29, 1.82) is 0 Å². The molecule has 3 heterocycles. The number of carbonyl (C=O) groups is 1. The minimum absolute atomic E-state index is 0.0200. The zero-order chi connectivity index (χ0) is 26.8. The molecule has 0 unspecified atom stereocenters.